The summed E-state index contributed by atoms with van der Waals surface area (Å²) in [5.41, 5.74) is 2.34. The normalized spacial score (nSPS) is 10.8. The number of non-ortho nitro benzene ring substituents is 1. The minimum Gasteiger partial charge on any atom is -0.507 e. The molecule has 2 aromatic carbocycles. The standard InChI is InChI=1S/C19H14N4O7/c1-11-2-5-14(16(8-11)23(28)29)18-7-4-13(30-18)10-20-21-19(25)15-9-12(22(26)27)3-6-17(15)24/h2-10,24H,1H3,(H,21,25)/b20-10+. The van der Waals surface area contributed by atoms with E-state index in [2.05, 4.69) is 10.5 Å². The zero-order valence-corrected chi connectivity index (χ0v) is 15.4. The van der Waals surface area contributed by atoms with Gasteiger partial charge in [-0.2, -0.15) is 5.10 Å². The Morgan fingerprint density at radius 1 is 1.10 bits per heavy atom. The third kappa shape index (κ3) is 4.30. The summed E-state index contributed by atoms with van der Waals surface area (Å²) in [6.45, 7) is 1.73. The number of amides is 1. The molecule has 152 valence electrons. The van der Waals surface area contributed by atoms with Crippen molar-refractivity contribution in [3.63, 3.8) is 0 Å². The highest BCUT2D eigenvalue weighted by atomic mass is 16.6. The van der Waals surface area contributed by atoms with E-state index in [1.807, 2.05) is 0 Å². The zero-order chi connectivity index (χ0) is 21.8. The summed E-state index contributed by atoms with van der Waals surface area (Å²) >= 11 is 0. The smallest absolute Gasteiger partial charge is 0.280 e. The van der Waals surface area contributed by atoms with Crippen molar-refractivity contribution in [2.75, 3.05) is 0 Å². The minimum atomic E-state index is -0.867. The average Bonchev–Trinajstić information content (AvgIpc) is 3.16. The van der Waals surface area contributed by atoms with Gasteiger partial charge in [-0.15, -0.1) is 0 Å². The molecule has 30 heavy (non-hydrogen) atoms. The van der Waals surface area contributed by atoms with Gasteiger partial charge in [-0.05, 0) is 36.8 Å². The first kappa shape index (κ1) is 20.2. The lowest BCUT2D eigenvalue weighted by Crippen LogP contribution is -2.17. The molecule has 0 aliphatic rings. The van der Waals surface area contributed by atoms with E-state index in [0.717, 1.165) is 30.0 Å². The Bertz CT molecular complexity index is 1180. The molecular weight excluding hydrogens is 396 g/mol. The van der Waals surface area contributed by atoms with Gasteiger partial charge < -0.3 is 9.52 Å². The van der Waals surface area contributed by atoms with E-state index in [-0.39, 0.29) is 34.0 Å². The molecule has 0 bridgehead atoms. The van der Waals surface area contributed by atoms with Crippen LogP contribution in [0, 0.1) is 27.2 Å². The van der Waals surface area contributed by atoms with E-state index < -0.39 is 21.5 Å². The molecule has 3 aromatic rings. The SMILES string of the molecule is Cc1ccc(-c2ccc(/C=N/NC(=O)c3cc([N+](=O)[O-])ccc3O)o2)c([N+](=O)[O-])c1. The van der Waals surface area contributed by atoms with Crippen LogP contribution >= 0.6 is 0 Å². The number of nitrogens with zero attached hydrogens (tertiary/aromatic N) is 3. The van der Waals surface area contributed by atoms with E-state index in [4.69, 9.17) is 4.42 Å². The zero-order valence-electron chi connectivity index (χ0n) is 15.4. The molecule has 0 fully saturated rings. The Hall–Kier alpha value is -4.54. The summed E-state index contributed by atoms with van der Waals surface area (Å²) in [6.07, 6.45) is 1.15. The van der Waals surface area contributed by atoms with Gasteiger partial charge >= 0.3 is 0 Å². The van der Waals surface area contributed by atoms with Crippen LogP contribution in [-0.2, 0) is 0 Å². The number of hydrogen-bond acceptors (Lipinski definition) is 8. The van der Waals surface area contributed by atoms with Crippen molar-refractivity contribution in [1.29, 1.82) is 0 Å². The Balaban J connectivity index is 1.76. The minimum absolute atomic E-state index is 0.109. The van der Waals surface area contributed by atoms with Gasteiger partial charge in [0, 0.05) is 18.2 Å². The predicted octanol–water partition coefficient (Wildman–Crippen LogP) is 3.54. The molecule has 0 aliphatic carbocycles. The maximum absolute atomic E-state index is 12.1. The summed E-state index contributed by atoms with van der Waals surface area (Å²) in [7, 11) is 0. The monoisotopic (exact) mass is 410 g/mol. The fourth-order valence-corrected chi connectivity index (χ4v) is 2.60. The first-order chi connectivity index (χ1) is 14.3. The van der Waals surface area contributed by atoms with E-state index in [9.17, 15) is 30.1 Å². The van der Waals surface area contributed by atoms with E-state index in [0.29, 0.717) is 0 Å². The summed E-state index contributed by atoms with van der Waals surface area (Å²) in [5, 5.41) is 35.4. The van der Waals surface area contributed by atoms with Crippen LogP contribution in [0.1, 0.15) is 21.7 Å². The molecule has 0 atom stereocenters. The number of nitro groups is 2. The Morgan fingerprint density at radius 3 is 2.57 bits per heavy atom. The fourth-order valence-electron chi connectivity index (χ4n) is 2.60. The molecule has 0 spiro atoms. The molecule has 0 aliphatic heterocycles. The van der Waals surface area contributed by atoms with Crippen LogP contribution in [0.15, 0.2) is 58.0 Å². The van der Waals surface area contributed by atoms with Crippen LogP contribution in [-0.4, -0.2) is 27.1 Å². The van der Waals surface area contributed by atoms with Crippen molar-refractivity contribution in [3.05, 3.63) is 85.6 Å². The first-order valence-corrected chi connectivity index (χ1v) is 8.42. The van der Waals surface area contributed by atoms with E-state index in [1.54, 1.807) is 19.1 Å². The maximum Gasteiger partial charge on any atom is 0.280 e. The molecule has 1 heterocycles. The van der Waals surface area contributed by atoms with Crippen LogP contribution in [0.4, 0.5) is 11.4 Å². The lowest BCUT2D eigenvalue weighted by atomic mass is 10.1. The van der Waals surface area contributed by atoms with Crippen LogP contribution in [0.3, 0.4) is 0 Å². The largest absolute Gasteiger partial charge is 0.507 e. The van der Waals surface area contributed by atoms with Gasteiger partial charge in [0.2, 0.25) is 0 Å². The number of phenols is 1. The molecule has 11 heteroatoms. The summed E-state index contributed by atoms with van der Waals surface area (Å²) in [4.78, 5) is 32.9. The molecule has 2 N–H and O–H groups in total. The number of phenolic OH excluding ortho intramolecular Hbond substituents is 1. The van der Waals surface area contributed by atoms with Crippen LogP contribution < -0.4 is 5.43 Å². The molecule has 0 saturated heterocycles. The van der Waals surface area contributed by atoms with Gasteiger partial charge in [-0.25, -0.2) is 5.43 Å². The van der Waals surface area contributed by atoms with Crippen molar-refractivity contribution < 1.29 is 24.2 Å². The van der Waals surface area contributed by atoms with E-state index in [1.165, 1.54) is 18.2 Å². The fraction of sp³-hybridized carbons (Fsp3) is 0.0526. The van der Waals surface area contributed by atoms with Crippen LogP contribution in [0.5, 0.6) is 5.75 Å². The van der Waals surface area contributed by atoms with Gasteiger partial charge in [-0.1, -0.05) is 6.07 Å². The number of hydrogen-bond donors (Lipinski definition) is 2. The lowest BCUT2D eigenvalue weighted by Gasteiger charge is -2.02. The van der Waals surface area contributed by atoms with Gasteiger partial charge in [0.05, 0.1) is 27.2 Å². The first-order valence-electron chi connectivity index (χ1n) is 8.42. The topological polar surface area (TPSA) is 161 Å². The third-order valence-corrected chi connectivity index (χ3v) is 4.04. The third-order valence-electron chi connectivity index (χ3n) is 4.04. The highest BCUT2D eigenvalue weighted by Gasteiger charge is 2.18. The second-order valence-corrected chi connectivity index (χ2v) is 6.14. The average molecular weight is 410 g/mol. The molecule has 1 aromatic heterocycles. The van der Waals surface area contributed by atoms with Crippen molar-refractivity contribution in [2.24, 2.45) is 5.10 Å². The Morgan fingerprint density at radius 2 is 1.87 bits per heavy atom. The quantitative estimate of drug-likeness (QED) is 0.357. The Kier molecular flexibility index (Phi) is 5.54. The van der Waals surface area contributed by atoms with Gasteiger partial charge in [0.15, 0.2) is 0 Å². The van der Waals surface area contributed by atoms with Crippen LogP contribution in [0.2, 0.25) is 0 Å². The number of carbonyl (C=O) groups excluding carboxylic acids is 1. The van der Waals surface area contributed by atoms with Crippen molar-refractivity contribution in [2.45, 2.75) is 6.92 Å². The van der Waals surface area contributed by atoms with E-state index >= 15 is 0 Å². The molecule has 1 amide bonds. The van der Waals surface area contributed by atoms with Crippen molar-refractivity contribution >= 4 is 23.5 Å². The second-order valence-electron chi connectivity index (χ2n) is 6.14. The molecule has 3 rings (SSSR count). The number of nitro benzene ring substituents is 2. The second kappa shape index (κ2) is 8.22. The van der Waals surface area contributed by atoms with Gasteiger partial charge in [-0.3, -0.25) is 25.0 Å². The number of furan rings is 1. The number of aryl methyl sites for hydroxylation is 1. The number of nitrogens with one attached hydrogen (secondary N) is 1. The number of aromatic hydroxyl groups is 1. The van der Waals surface area contributed by atoms with Crippen molar-refractivity contribution in [1.82, 2.24) is 5.43 Å². The maximum atomic E-state index is 12.1. The molecule has 11 nitrogen and oxygen atoms in total. The summed E-state index contributed by atoms with van der Waals surface area (Å²) < 4.78 is 5.52. The summed E-state index contributed by atoms with van der Waals surface area (Å²) in [6, 6.07) is 10.7. The molecular formula is C19H14N4O7. The van der Waals surface area contributed by atoms with Crippen LogP contribution in [0.25, 0.3) is 11.3 Å². The molecule has 0 saturated carbocycles. The lowest BCUT2D eigenvalue weighted by molar-refractivity contribution is -0.384. The number of benzene rings is 2. The van der Waals surface area contributed by atoms with Gasteiger partial charge in [0.25, 0.3) is 17.3 Å². The number of rotatable bonds is 6. The highest BCUT2D eigenvalue weighted by Crippen LogP contribution is 2.31. The predicted molar refractivity (Wildman–Crippen MR) is 105 cm³/mol. The highest BCUT2D eigenvalue weighted by molar-refractivity contribution is 5.97. The Labute approximate surface area is 168 Å². The molecule has 0 radical (unpaired) electrons. The number of carbonyl (C=O) groups is 1. The summed E-state index contributed by atoms with van der Waals surface area (Å²) in [5.74, 6) is -0.872. The van der Waals surface area contributed by atoms with Crippen molar-refractivity contribution in [3.8, 4) is 17.1 Å². The van der Waals surface area contributed by atoms with Gasteiger partial charge in [0.1, 0.15) is 17.3 Å². The number of hydrazone groups is 1. The molecule has 0 unspecified atom stereocenters.